The number of nitrogens with two attached hydrogens (primary N) is 1. The van der Waals surface area contributed by atoms with Crippen LogP contribution in [0.25, 0.3) is 0 Å². The molecule has 6 nitrogen and oxygen atoms in total. The highest BCUT2D eigenvalue weighted by Crippen LogP contribution is 2.22. The van der Waals surface area contributed by atoms with Gasteiger partial charge in [0.2, 0.25) is 5.02 Å². The van der Waals surface area contributed by atoms with E-state index < -0.39 is 11.0 Å². The van der Waals surface area contributed by atoms with Gasteiger partial charge in [0.05, 0.1) is 0 Å². The van der Waals surface area contributed by atoms with Crippen LogP contribution in [0.15, 0.2) is 53.9 Å². The Labute approximate surface area is 136 Å². The lowest BCUT2D eigenvalue weighted by molar-refractivity contribution is 0.0511. The molecule has 0 saturated heterocycles. The van der Waals surface area contributed by atoms with Crippen molar-refractivity contribution in [3.63, 3.8) is 0 Å². The first kappa shape index (κ1) is 16.1. The highest BCUT2D eigenvalue weighted by atomic mass is 35.5. The van der Waals surface area contributed by atoms with Crippen molar-refractivity contribution in [3.05, 3.63) is 59.9 Å². The van der Waals surface area contributed by atoms with Crippen molar-refractivity contribution in [2.24, 2.45) is 10.9 Å². The number of halogens is 2. The lowest BCUT2D eigenvalue weighted by atomic mass is 10.2. The lowest BCUT2D eigenvalue weighted by Crippen LogP contribution is -2.15. The molecule has 0 fully saturated rings. The van der Waals surface area contributed by atoms with Crippen molar-refractivity contribution in [2.45, 2.75) is 5.02 Å². The van der Waals surface area contributed by atoms with Crippen LogP contribution in [0.5, 0.6) is 5.75 Å². The molecule has 0 atom stereocenters. The number of amidine groups is 1. The van der Waals surface area contributed by atoms with Crippen LogP contribution in [0, 0.1) is 0 Å². The van der Waals surface area contributed by atoms with Crippen LogP contribution in [0.3, 0.4) is 0 Å². The average molecular weight is 340 g/mol. The molecule has 8 heteroatoms. The molecule has 2 rings (SSSR count). The average Bonchev–Trinajstić information content (AvgIpc) is 2.53. The first-order valence-corrected chi connectivity index (χ1v) is 6.94. The van der Waals surface area contributed by atoms with E-state index in [0.29, 0.717) is 5.56 Å². The Kier molecular flexibility index (Phi) is 5.57. The highest BCUT2D eigenvalue weighted by Gasteiger charge is 2.16. The lowest BCUT2D eigenvalue weighted by Gasteiger charge is -2.09. The number of carbonyl (C=O) groups excluding carboxylic acids is 1. The summed E-state index contributed by atoms with van der Waals surface area (Å²) in [6, 6.07) is 9.59. The summed E-state index contributed by atoms with van der Waals surface area (Å²) in [4.78, 5) is 20.7. The second-order valence-electron chi connectivity index (χ2n) is 3.97. The summed E-state index contributed by atoms with van der Waals surface area (Å²) in [5.41, 5.74) is 6.41. The van der Waals surface area contributed by atoms with Gasteiger partial charge in [-0.05, 0) is 24.3 Å². The van der Waals surface area contributed by atoms with E-state index in [0.717, 1.165) is 0 Å². The second-order valence-corrected chi connectivity index (χ2v) is 4.98. The van der Waals surface area contributed by atoms with Gasteiger partial charge < -0.3 is 15.3 Å². The topological polar surface area (TPSA) is 86.8 Å². The number of benzene rings is 1. The van der Waals surface area contributed by atoms with E-state index in [-0.39, 0.29) is 17.1 Å². The zero-order valence-electron chi connectivity index (χ0n) is 11.1. The number of oxime groups is 1. The normalized spacial score (nSPS) is 11.3. The Morgan fingerprint density at radius 3 is 2.55 bits per heavy atom. The Bertz CT molecular complexity index is 678. The molecular formula is C14H11Cl2N3O3. The van der Waals surface area contributed by atoms with E-state index >= 15 is 0 Å². The van der Waals surface area contributed by atoms with Crippen LogP contribution in [0.1, 0.15) is 15.9 Å². The summed E-state index contributed by atoms with van der Waals surface area (Å²) in [6.07, 6.45) is 3.09. The second kappa shape index (κ2) is 7.63. The standard InChI is InChI=1S/C14H11Cl2N3O3/c15-14(16)21-11-4-2-1-3-10(11)13(20)22-19-12(17)9-5-7-18-8-6-9/h1-8,14H,(H2,17,19). The van der Waals surface area contributed by atoms with Gasteiger partial charge in [-0.15, -0.1) is 0 Å². The number of para-hydroxylation sites is 1. The first-order valence-electron chi connectivity index (χ1n) is 6.07. The molecule has 1 aromatic carbocycles. The van der Waals surface area contributed by atoms with Gasteiger partial charge in [-0.2, -0.15) is 0 Å². The van der Waals surface area contributed by atoms with E-state index in [4.69, 9.17) is 38.5 Å². The van der Waals surface area contributed by atoms with Crippen molar-refractivity contribution in [2.75, 3.05) is 0 Å². The molecule has 114 valence electrons. The molecule has 0 unspecified atom stereocenters. The van der Waals surface area contributed by atoms with Crippen molar-refractivity contribution in [1.82, 2.24) is 4.98 Å². The Morgan fingerprint density at radius 2 is 1.86 bits per heavy atom. The largest absolute Gasteiger partial charge is 0.460 e. The fourth-order valence-electron chi connectivity index (χ4n) is 1.55. The van der Waals surface area contributed by atoms with Gasteiger partial charge in [-0.3, -0.25) is 4.98 Å². The van der Waals surface area contributed by atoms with E-state index in [1.807, 2.05) is 0 Å². The van der Waals surface area contributed by atoms with Gasteiger partial charge in [0.15, 0.2) is 5.84 Å². The summed E-state index contributed by atoms with van der Waals surface area (Å²) >= 11 is 11.1. The monoisotopic (exact) mass is 339 g/mol. The molecule has 0 saturated carbocycles. The first-order chi connectivity index (χ1) is 10.6. The van der Waals surface area contributed by atoms with Crippen LogP contribution in [0.2, 0.25) is 0 Å². The third-order valence-corrected chi connectivity index (χ3v) is 2.70. The number of alkyl halides is 2. The number of ether oxygens (including phenoxy) is 1. The number of hydrogen-bond acceptors (Lipinski definition) is 5. The van der Waals surface area contributed by atoms with Gasteiger partial charge in [0, 0.05) is 18.0 Å². The zero-order chi connectivity index (χ0) is 15.9. The van der Waals surface area contributed by atoms with Gasteiger partial charge >= 0.3 is 5.97 Å². The van der Waals surface area contributed by atoms with E-state index in [9.17, 15) is 4.79 Å². The minimum absolute atomic E-state index is 0.0433. The molecule has 0 aliphatic rings. The van der Waals surface area contributed by atoms with E-state index in [1.54, 1.807) is 36.7 Å². The molecule has 2 N–H and O–H groups in total. The fourth-order valence-corrected chi connectivity index (χ4v) is 1.74. The quantitative estimate of drug-likeness (QED) is 0.297. The predicted molar refractivity (Wildman–Crippen MR) is 82.9 cm³/mol. The van der Waals surface area contributed by atoms with Gasteiger partial charge in [0.1, 0.15) is 11.3 Å². The maximum Gasteiger partial charge on any atom is 0.369 e. The van der Waals surface area contributed by atoms with Crippen molar-refractivity contribution in [1.29, 1.82) is 0 Å². The van der Waals surface area contributed by atoms with Crippen LogP contribution in [-0.4, -0.2) is 21.8 Å². The maximum absolute atomic E-state index is 12.0. The van der Waals surface area contributed by atoms with Crippen molar-refractivity contribution in [3.8, 4) is 5.75 Å². The summed E-state index contributed by atoms with van der Waals surface area (Å²) in [5.74, 6) is -0.525. The molecule has 1 aromatic heterocycles. The van der Waals surface area contributed by atoms with Crippen LogP contribution in [0.4, 0.5) is 0 Å². The van der Waals surface area contributed by atoms with Crippen molar-refractivity contribution >= 4 is 35.0 Å². The zero-order valence-corrected chi connectivity index (χ0v) is 12.7. The molecule has 0 spiro atoms. The van der Waals surface area contributed by atoms with E-state index in [1.165, 1.54) is 12.1 Å². The molecular weight excluding hydrogens is 329 g/mol. The predicted octanol–water partition coefficient (Wildman–Crippen LogP) is 2.70. The number of hydrogen-bond donors (Lipinski definition) is 1. The van der Waals surface area contributed by atoms with Crippen molar-refractivity contribution < 1.29 is 14.4 Å². The smallest absolute Gasteiger partial charge is 0.369 e. The van der Waals surface area contributed by atoms with Gasteiger partial charge in [-0.25, -0.2) is 4.79 Å². The number of carbonyl (C=O) groups is 1. The summed E-state index contributed by atoms with van der Waals surface area (Å²) in [7, 11) is 0. The SMILES string of the molecule is NC(=NOC(=O)c1ccccc1OC(Cl)Cl)c1ccncc1. The number of pyridine rings is 1. The molecule has 22 heavy (non-hydrogen) atoms. The maximum atomic E-state index is 12.0. The minimum Gasteiger partial charge on any atom is -0.460 e. The van der Waals surface area contributed by atoms with Gasteiger partial charge in [-0.1, -0.05) is 40.5 Å². The molecule has 2 aromatic rings. The fraction of sp³-hybridized carbons (Fsp3) is 0.0714. The summed E-state index contributed by atoms with van der Waals surface area (Å²) in [6.45, 7) is 0. The molecule has 0 aliphatic heterocycles. The van der Waals surface area contributed by atoms with Gasteiger partial charge in [0.25, 0.3) is 0 Å². The number of nitrogens with zero attached hydrogens (tertiary/aromatic N) is 2. The van der Waals surface area contributed by atoms with E-state index in [2.05, 4.69) is 10.1 Å². The number of aromatic nitrogens is 1. The summed E-state index contributed by atoms with van der Waals surface area (Å²) < 4.78 is 5.10. The Hall–Kier alpha value is -2.31. The highest BCUT2D eigenvalue weighted by molar-refractivity contribution is 6.43. The molecule has 1 heterocycles. The molecule has 0 aliphatic carbocycles. The third kappa shape index (κ3) is 4.34. The minimum atomic E-state index is -1.11. The Balaban J connectivity index is 2.13. The van der Waals surface area contributed by atoms with Crippen LogP contribution >= 0.6 is 23.2 Å². The Morgan fingerprint density at radius 1 is 1.18 bits per heavy atom. The molecule has 0 radical (unpaired) electrons. The third-order valence-electron chi connectivity index (χ3n) is 2.53. The molecule has 0 bridgehead atoms. The summed E-state index contributed by atoms with van der Waals surface area (Å²) in [5, 5.41) is 2.47. The van der Waals surface area contributed by atoms with Crippen LogP contribution in [-0.2, 0) is 4.84 Å². The number of rotatable bonds is 5. The van der Waals surface area contributed by atoms with Crippen LogP contribution < -0.4 is 10.5 Å². The molecule has 0 amide bonds.